The van der Waals surface area contributed by atoms with E-state index in [0.29, 0.717) is 23.8 Å². The number of methoxy groups -OCH3 is 1. The highest BCUT2D eigenvalue weighted by atomic mass is 35.5. The molecule has 0 bridgehead atoms. The second-order valence-corrected chi connectivity index (χ2v) is 8.40. The molecule has 4 rings (SSSR count). The maximum atomic E-state index is 14.5. The van der Waals surface area contributed by atoms with Gasteiger partial charge in [0, 0.05) is 11.1 Å². The van der Waals surface area contributed by atoms with Gasteiger partial charge < -0.3 is 19.9 Å². The Morgan fingerprint density at radius 2 is 2.03 bits per heavy atom. The van der Waals surface area contributed by atoms with Gasteiger partial charge in [0.15, 0.2) is 5.69 Å². The molecule has 8 nitrogen and oxygen atoms in total. The largest absolute Gasteiger partial charge is 0.497 e. The minimum atomic E-state index is -1.12. The number of para-hydroxylation sites is 1. The van der Waals surface area contributed by atoms with E-state index in [9.17, 15) is 19.1 Å². The summed E-state index contributed by atoms with van der Waals surface area (Å²) in [5, 5.41) is 16.5. The number of carbonyl (C=O) groups excluding carboxylic acids is 1. The smallest absolute Gasteiger partial charge is 0.305 e. The van der Waals surface area contributed by atoms with Crippen LogP contribution >= 0.6 is 11.6 Å². The molecule has 1 atom stereocenters. The van der Waals surface area contributed by atoms with Gasteiger partial charge in [0.2, 0.25) is 5.88 Å². The zero-order valence-electron chi connectivity index (χ0n) is 18.3. The average Bonchev–Trinajstić information content (AvgIpc) is 3.54. The summed E-state index contributed by atoms with van der Waals surface area (Å²) in [5.74, 6) is -1.15. The number of nitrogens with one attached hydrogen (secondary N) is 1. The van der Waals surface area contributed by atoms with E-state index < -0.39 is 30.2 Å². The summed E-state index contributed by atoms with van der Waals surface area (Å²) in [6.07, 6.45) is 1.71. The van der Waals surface area contributed by atoms with Crippen LogP contribution < -0.4 is 14.8 Å². The van der Waals surface area contributed by atoms with Crippen molar-refractivity contribution in [3.05, 3.63) is 70.6 Å². The zero-order valence-corrected chi connectivity index (χ0v) is 19.1. The molecule has 0 radical (unpaired) electrons. The number of aromatic nitrogens is 2. The molecule has 2 aromatic carbocycles. The molecule has 178 valence electrons. The molecule has 0 aliphatic heterocycles. The lowest BCUT2D eigenvalue weighted by atomic mass is 10.0. The lowest BCUT2D eigenvalue weighted by Gasteiger charge is -2.18. The Morgan fingerprint density at radius 3 is 2.68 bits per heavy atom. The van der Waals surface area contributed by atoms with E-state index in [-0.39, 0.29) is 22.3 Å². The number of rotatable bonds is 10. The molecule has 2 N–H and O–H groups in total. The van der Waals surface area contributed by atoms with Crippen molar-refractivity contribution < 1.29 is 28.6 Å². The highest BCUT2D eigenvalue weighted by molar-refractivity contribution is 6.31. The van der Waals surface area contributed by atoms with Crippen molar-refractivity contribution in [2.45, 2.75) is 25.3 Å². The van der Waals surface area contributed by atoms with Crippen LogP contribution in [0.1, 0.15) is 41.4 Å². The van der Waals surface area contributed by atoms with Gasteiger partial charge in [0.1, 0.15) is 17.3 Å². The Morgan fingerprint density at radius 1 is 1.26 bits per heavy atom. The number of amides is 1. The van der Waals surface area contributed by atoms with Crippen LogP contribution in [0.4, 0.5) is 4.39 Å². The van der Waals surface area contributed by atoms with E-state index in [1.807, 2.05) is 0 Å². The van der Waals surface area contributed by atoms with Gasteiger partial charge >= 0.3 is 5.97 Å². The molecule has 1 saturated carbocycles. The number of carboxylic acids is 1. The summed E-state index contributed by atoms with van der Waals surface area (Å²) < 4.78 is 26.6. The van der Waals surface area contributed by atoms with Crippen LogP contribution in [0, 0.1) is 11.7 Å². The molecular formula is C24H23ClFN3O5. The minimum absolute atomic E-state index is 0.0472. The maximum absolute atomic E-state index is 14.5. The number of hydrogen-bond acceptors (Lipinski definition) is 5. The summed E-state index contributed by atoms with van der Waals surface area (Å²) in [7, 11) is 1.48. The number of carboxylic acid groups (broad SMARTS) is 1. The SMILES string of the molecule is COc1ccc(C(CC(=O)O)NC(=O)c2cc(OCC3CC3)n(-c3ccccc3F)n2)c(Cl)c1. The van der Waals surface area contributed by atoms with Crippen molar-refractivity contribution in [1.82, 2.24) is 15.1 Å². The number of ether oxygens (including phenoxy) is 2. The van der Waals surface area contributed by atoms with Gasteiger partial charge in [-0.2, -0.15) is 9.78 Å². The fraction of sp³-hybridized carbons (Fsp3) is 0.292. The summed E-state index contributed by atoms with van der Waals surface area (Å²) in [5.41, 5.74) is 0.499. The van der Waals surface area contributed by atoms with Crippen molar-refractivity contribution in [3.63, 3.8) is 0 Å². The van der Waals surface area contributed by atoms with Gasteiger partial charge in [0.25, 0.3) is 5.91 Å². The Balaban J connectivity index is 1.63. The first-order chi connectivity index (χ1) is 16.4. The number of nitrogens with zero attached hydrogens (tertiary/aromatic N) is 2. The number of carbonyl (C=O) groups is 2. The number of hydrogen-bond donors (Lipinski definition) is 2. The zero-order chi connectivity index (χ0) is 24.2. The molecule has 1 aliphatic rings. The van der Waals surface area contributed by atoms with E-state index in [4.69, 9.17) is 21.1 Å². The molecule has 10 heteroatoms. The highest BCUT2D eigenvalue weighted by Gasteiger charge is 2.26. The van der Waals surface area contributed by atoms with Crippen LogP contribution in [0.25, 0.3) is 5.69 Å². The van der Waals surface area contributed by atoms with Gasteiger partial charge in [-0.3, -0.25) is 9.59 Å². The molecule has 34 heavy (non-hydrogen) atoms. The molecule has 0 spiro atoms. The first-order valence-electron chi connectivity index (χ1n) is 10.7. The van der Waals surface area contributed by atoms with Crippen molar-refractivity contribution in [1.29, 1.82) is 0 Å². The van der Waals surface area contributed by atoms with Crippen LogP contribution in [-0.4, -0.2) is 40.5 Å². The Hall–Kier alpha value is -3.59. The number of benzene rings is 2. The van der Waals surface area contributed by atoms with Crippen LogP contribution in [-0.2, 0) is 4.79 Å². The van der Waals surface area contributed by atoms with Crippen LogP contribution in [0.15, 0.2) is 48.5 Å². The summed E-state index contributed by atoms with van der Waals surface area (Å²) in [6.45, 7) is 0.435. The third-order valence-corrected chi connectivity index (χ3v) is 5.75. The van der Waals surface area contributed by atoms with Gasteiger partial charge in [0.05, 0.1) is 26.2 Å². The van der Waals surface area contributed by atoms with Gasteiger partial charge in [-0.25, -0.2) is 4.39 Å². The maximum Gasteiger partial charge on any atom is 0.305 e. The first-order valence-corrected chi connectivity index (χ1v) is 11.1. The van der Waals surface area contributed by atoms with Crippen molar-refractivity contribution >= 4 is 23.5 Å². The van der Waals surface area contributed by atoms with Crippen molar-refractivity contribution in [2.75, 3.05) is 13.7 Å². The summed E-state index contributed by atoms with van der Waals surface area (Å²) in [4.78, 5) is 24.6. The molecule has 1 heterocycles. The van der Waals surface area contributed by atoms with Crippen molar-refractivity contribution in [2.24, 2.45) is 5.92 Å². The van der Waals surface area contributed by atoms with E-state index in [0.717, 1.165) is 12.8 Å². The van der Waals surface area contributed by atoms with Crippen LogP contribution in [0.3, 0.4) is 0 Å². The molecule has 3 aromatic rings. The van der Waals surface area contributed by atoms with E-state index in [1.54, 1.807) is 24.3 Å². The molecule has 1 aliphatic carbocycles. The lowest BCUT2D eigenvalue weighted by molar-refractivity contribution is -0.137. The van der Waals surface area contributed by atoms with Crippen molar-refractivity contribution in [3.8, 4) is 17.3 Å². The molecule has 0 saturated heterocycles. The predicted octanol–water partition coefficient (Wildman–Crippen LogP) is 4.41. The Kier molecular flexibility index (Phi) is 7.02. The summed E-state index contributed by atoms with van der Waals surface area (Å²) in [6, 6.07) is 11.3. The lowest BCUT2D eigenvalue weighted by Crippen LogP contribution is -2.30. The summed E-state index contributed by atoms with van der Waals surface area (Å²) >= 11 is 6.31. The first kappa shape index (κ1) is 23.6. The monoisotopic (exact) mass is 487 g/mol. The fourth-order valence-corrected chi connectivity index (χ4v) is 3.73. The van der Waals surface area contributed by atoms with E-state index >= 15 is 0 Å². The Bertz CT molecular complexity index is 1210. The van der Waals surface area contributed by atoms with E-state index in [1.165, 1.54) is 36.1 Å². The number of halogens is 2. The third kappa shape index (κ3) is 5.48. The molecule has 1 fully saturated rings. The average molecular weight is 488 g/mol. The number of aliphatic carboxylic acids is 1. The van der Waals surface area contributed by atoms with Gasteiger partial charge in [-0.1, -0.05) is 29.8 Å². The van der Waals surface area contributed by atoms with Gasteiger partial charge in [-0.15, -0.1) is 0 Å². The highest BCUT2D eigenvalue weighted by Crippen LogP contribution is 2.32. The van der Waals surface area contributed by atoms with Crippen LogP contribution in [0.5, 0.6) is 11.6 Å². The normalized spacial score (nSPS) is 13.9. The second kappa shape index (κ2) is 10.1. The predicted molar refractivity (Wildman–Crippen MR) is 122 cm³/mol. The minimum Gasteiger partial charge on any atom is -0.497 e. The topological polar surface area (TPSA) is 103 Å². The molecule has 1 aromatic heterocycles. The Labute approximate surface area is 200 Å². The molecule has 1 unspecified atom stereocenters. The quantitative estimate of drug-likeness (QED) is 0.439. The van der Waals surface area contributed by atoms with Gasteiger partial charge in [-0.05, 0) is 48.6 Å². The fourth-order valence-electron chi connectivity index (χ4n) is 3.42. The standard InChI is InChI=1S/C24H23ClFN3O5/c1-33-15-8-9-16(17(25)10-15)19(12-23(30)31)27-24(32)20-11-22(34-13-14-6-7-14)29(28-20)21-5-3-2-4-18(21)26/h2-5,8-11,14,19H,6-7,12-13H2,1H3,(H,27,32)(H,30,31). The van der Waals surface area contributed by atoms with E-state index in [2.05, 4.69) is 10.4 Å². The molecule has 1 amide bonds. The van der Waals surface area contributed by atoms with Crippen LogP contribution in [0.2, 0.25) is 5.02 Å². The third-order valence-electron chi connectivity index (χ3n) is 5.42. The molecular weight excluding hydrogens is 465 g/mol. The second-order valence-electron chi connectivity index (χ2n) is 8.00.